The number of carbonyl (C=O) groups is 1. The van der Waals surface area contributed by atoms with E-state index in [0.717, 1.165) is 28.0 Å². The minimum Gasteiger partial charge on any atom is -0.496 e. The maximum atomic E-state index is 13.1. The summed E-state index contributed by atoms with van der Waals surface area (Å²) in [5, 5.41) is 0. The number of hydrogen-bond donors (Lipinski definition) is 0. The van der Waals surface area contributed by atoms with Gasteiger partial charge < -0.3 is 9.47 Å². The number of halogens is 1. The zero-order chi connectivity index (χ0) is 19.4. The fourth-order valence-electron chi connectivity index (χ4n) is 3.08. The Morgan fingerprint density at radius 3 is 2.11 bits per heavy atom. The zero-order valence-corrected chi connectivity index (χ0v) is 15.6. The second kappa shape index (κ2) is 8.04. The molecule has 3 aromatic carbocycles. The molecule has 0 fully saturated rings. The molecule has 0 N–H and O–H groups in total. The highest BCUT2D eigenvalue weighted by atomic mass is 19.1. The van der Waals surface area contributed by atoms with Crippen LogP contribution in [0.3, 0.4) is 0 Å². The molecule has 0 aromatic heterocycles. The highest BCUT2D eigenvalue weighted by molar-refractivity contribution is 5.98. The van der Waals surface area contributed by atoms with Crippen LogP contribution >= 0.6 is 0 Å². The summed E-state index contributed by atoms with van der Waals surface area (Å²) in [5.74, 6) is 0.963. The van der Waals surface area contributed by atoms with Gasteiger partial charge in [0.15, 0.2) is 5.78 Å². The summed E-state index contributed by atoms with van der Waals surface area (Å²) in [7, 11) is 3.17. The van der Waals surface area contributed by atoms with Crippen LogP contribution in [-0.2, 0) is 6.42 Å². The van der Waals surface area contributed by atoms with Crippen LogP contribution in [0.25, 0.3) is 11.1 Å². The Morgan fingerprint density at radius 2 is 1.48 bits per heavy atom. The van der Waals surface area contributed by atoms with Crippen LogP contribution in [0, 0.1) is 5.82 Å². The van der Waals surface area contributed by atoms with Crippen molar-refractivity contribution in [3.8, 4) is 22.6 Å². The Hall–Kier alpha value is -3.14. The lowest BCUT2D eigenvalue weighted by atomic mass is 9.96. The second-order valence-electron chi connectivity index (χ2n) is 6.31. The molecule has 0 unspecified atom stereocenters. The first-order chi connectivity index (χ1) is 13.0. The predicted octanol–water partition coefficient (Wildman–Crippen LogP) is 5.30. The smallest absolute Gasteiger partial charge is 0.163 e. The van der Waals surface area contributed by atoms with E-state index in [1.807, 2.05) is 30.3 Å². The third kappa shape index (κ3) is 4.17. The van der Waals surface area contributed by atoms with Gasteiger partial charge in [0.2, 0.25) is 0 Å². The first-order valence-corrected chi connectivity index (χ1v) is 8.62. The van der Waals surface area contributed by atoms with Gasteiger partial charge >= 0.3 is 0 Å². The van der Waals surface area contributed by atoms with Gasteiger partial charge in [-0.1, -0.05) is 24.3 Å². The molecule has 4 heteroatoms. The van der Waals surface area contributed by atoms with E-state index in [9.17, 15) is 9.18 Å². The van der Waals surface area contributed by atoms with Gasteiger partial charge in [0.25, 0.3) is 0 Å². The molecule has 0 heterocycles. The monoisotopic (exact) mass is 364 g/mol. The van der Waals surface area contributed by atoms with E-state index in [0.29, 0.717) is 17.7 Å². The SMILES string of the molecule is COc1ccc(-c2cc(Cc3ccc(F)cc3)ccc2OC)cc1C(C)=O. The summed E-state index contributed by atoms with van der Waals surface area (Å²) in [6, 6.07) is 17.9. The summed E-state index contributed by atoms with van der Waals surface area (Å²) in [4.78, 5) is 12.0. The average molecular weight is 364 g/mol. The third-order valence-corrected chi connectivity index (χ3v) is 4.48. The summed E-state index contributed by atoms with van der Waals surface area (Å²) in [6.07, 6.45) is 0.674. The number of rotatable bonds is 6. The third-order valence-electron chi connectivity index (χ3n) is 4.48. The standard InChI is InChI=1S/C23H21FO3/c1-15(25)20-14-18(7-11-22(20)26-2)21-13-17(6-10-23(21)27-3)12-16-4-8-19(24)9-5-16/h4-11,13-14H,12H2,1-3H3. The van der Waals surface area contributed by atoms with Crippen molar-refractivity contribution in [1.82, 2.24) is 0 Å². The minimum absolute atomic E-state index is 0.0601. The zero-order valence-electron chi connectivity index (χ0n) is 15.6. The molecule has 0 bridgehead atoms. The van der Waals surface area contributed by atoms with Crippen molar-refractivity contribution in [1.29, 1.82) is 0 Å². The fourth-order valence-corrected chi connectivity index (χ4v) is 3.08. The highest BCUT2D eigenvalue weighted by Crippen LogP contribution is 2.34. The van der Waals surface area contributed by atoms with Crippen molar-refractivity contribution in [3.63, 3.8) is 0 Å². The van der Waals surface area contributed by atoms with Gasteiger partial charge in [0, 0.05) is 5.56 Å². The summed E-state index contributed by atoms with van der Waals surface area (Å²) in [5.41, 5.74) is 4.38. The van der Waals surface area contributed by atoms with Crippen molar-refractivity contribution in [2.24, 2.45) is 0 Å². The molecular formula is C23H21FO3. The maximum absolute atomic E-state index is 13.1. The number of Topliss-reactive ketones (excluding diaryl/α,β-unsaturated/α-hetero) is 1. The Morgan fingerprint density at radius 1 is 0.852 bits per heavy atom. The lowest BCUT2D eigenvalue weighted by molar-refractivity contribution is 0.101. The van der Waals surface area contributed by atoms with Crippen molar-refractivity contribution in [2.75, 3.05) is 14.2 Å². The molecule has 138 valence electrons. The quantitative estimate of drug-likeness (QED) is 0.557. The van der Waals surface area contributed by atoms with Gasteiger partial charge in [-0.15, -0.1) is 0 Å². The number of ether oxygens (including phenoxy) is 2. The van der Waals surface area contributed by atoms with Crippen molar-refractivity contribution < 1.29 is 18.7 Å². The van der Waals surface area contributed by atoms with E-state index in [2.05, 4.69) is 0 Å². The Bertz CT molecular complexity index is 962. The number of benzene rings is 3. The van der Waals surface area contributed by atoms with Crippen LogP contribution in [0.1, 0.15) is 28.4 Å². The van der Waals surface area contributed by atoms with E-state index in [4.69, 9.17) is 9.47 Å². The largest absolute Gasteiger partial charge is 0.496 e. The summed E-state index contributed by atoms with van der Waals surface area (Å²) < 4.78 is 23.9. The predicted molar refractivity (Wildman–Crippen MR) is 104 cm³/mol. The minimum atomic E-state index is -0.246. The van der Waals surface area contributed by atoms with Crippen molar-refractivity contribution in [3.05, 3.63) is 83.2 Å². The second-order valence-corrected chi connectivity index (χ2v) is 6.31. The van der Waals surface area contributed by atoms with Gasteiger partial charge in [-0.25, -0.2) is 4.39 Å². The summed E-state index contributed by atoms with van der Waals surface area (Å²) >= 11 is 0. The summed E-state index contributed by atoms with van der Waals surface area (Å²) in [6.45, 7) is 1.52. The van der Waals surface area contributed by atoms with Crippen molar-refractivity contribution >= 4 is 5.78 Å². The number of carbonyl (C=O) groups excluding carboxylic acids is 1. The van der Waals surface area contributed by atoms with Crippen molar-refractivity contribution in [2.45, 2.75) is 13.3 Å². The fraction of sp³-hybridized carbons (Fsp3) is 0.174. The highest BCUT2D eigenvalue weighted by Gasteiger charge is 2.13. The van der Waals surface area contributed by atoms with Gasteiger partial charge in [0.05, 0.1) is 19.8 Å². The molecule has 0 atom stereocenters. The Kier molecular flexibility index (Phi) is 5.55. The number of ketones is 1. The molecule has 3 aromatic rings. The number of hydrogen-bond acceptors (Lipinski definition) is 3. The Balaban J connectivity index is 2.02. The van der Waals surface area contributed by atoms with Crippen LogP contribution < -0.4 is 9.47 Å². The normalized spacial score (nSPS) is 10.5. The Labute approximate surface area is 158 Å². The van der Waals surface area contributed by atoms with E-state index < -0.39 is 0 Å². The maximum Gasteiger partial charge on any atom is 0.163 e. The molecule has 0 spiro atoms. The number of methoxy groups -OCH3 is 2. The molecule has 0 aliphatic carbocycles. The molecule has 0 aliphatic heterocycles. The first kappa shape index (κ1) is 18.6. The van der Waals surface area contributed by atoms with Crippen LogP contribution in [0.15, 0.2) is 60.7 Å². The van der Waals surface area contributed by atoms with Gasteiger partial charge in [-0.2, -0.15) is 0 Å². The van der Waals surface area contributed by atoms with E-state index >= 15 is 0 Å². The molecule has 3 nitrogen and oxygen atoms in total. The van der Waals surface area contributed by atoms with E-state index in [1.165, 1.54) is 19.1 Å². The van der Waals surface area contributed by atoms with Gasteiger partial charge in [-0.05, 0) is 66.4 Å². The van der Waals surface area contributed by atoms with Gasteiger partial charge in [0.1, 0.15) is 17.3 Å². The molecule has 0 saturated heterocycles. The van der Waals surface area contributed by atoms with E-state index in [-0.39, 0.29) is 11.6 Å². The van der Waals surface area contributed by atoms with Gasteiger partial charge in [-0.3, -0.25) is 4.79 Å². The van der Waals surface area contributed by atoms with Crippen LogP contribution in [0.4, 0.5) is 4.39 Å². The lowest BCUT2D eigenvalue weighted by Gasteiger charge is -2.13. The van der Waals surface area contributed by atoms with Crippen LogP contribution in [0.2, 0.25) is 0 Å². The van der Waals surface area contributed by atoms with E-state index in [1.54, 1.807) is 32.4 Å². The average Bonchev–Trinajstić information content (AvgIpc) is 2.69. The molecule has 0 aliphatic rings. The van der Waals surface area contributed by atoms with Crippen LogP contribution in [-0.4, -0.2) is 20.0 Å². The first-order valence-electron chi connectivity index (χ1n) is 8.62. The molecule has 27 heavy (non-hydrogen) atoms. The molecular weight excluding hydrogens is 343 g/mol. The topological polar surface area (TPSA) is 35.5 Å². The van der Waals surface area contributed by atoms with Crippen LogP contribution in [0.5, 0.6) is 11.5 Å². The molecule has 0 saturated carbocycles. The molecule has 3 rings (SSSR count). The molecule has 0 amide bonds. The molecule has 0 radical (unpaired) electrons. The lowest BCUT2D eigenvalue weighted by Crippen LogP contribution is -1.99.